The number of nitrogens with one attached hydrogen (secondary N) is 1. The average molecular weight is 366 g/mol. The summed E-state index contributed by atoms with van der Waals surface area (Å²) in [6.07, 6.45) is 0. The largest absolute Gasteiger partial charge is 0.394 e. The molecule has 0 bridgehead atoms. The summed E-state index contributed by atoms with van der Waals surface area (Å²) < 4.78 is 0. The molecule has 0 saturated carbocycles. The van der Waals surface area contributed by atoms with E-state index < -0.39 is 5.54 Å². The van der Waals surface area contributed by atoms with Crippen LogP contribution in [0.1, 0.15) is 12.5 Å². The Morgan fingerprint density at radius 3 is 2.33 bits per heavy atom. The number of hydrogen-bond acceptors (Lipinski definition) is 3. The van der Waals surface area contributed by atoms with Gasteiger partial charge in [0.1, 0.15) is 0 Å². The molecule has 3 aromatic rings. The molecular weight excluding hydrogens is 345 g/mol. The van der Waals surface area contributed by atoms with E-state index in [1.165, 1.54) is 0 Å². The van der Waals surface area contributed by atoms with Gasteiger partial charge in [0.25, 0.3) is 0 Å². The molecule has 3 aromatic carbocycles. The Morgan fingerprint density at radius 1 is 0.958 bits per heavy atom. The third kappa shape index (κ3) is 3.66. The third-order valence-electron chi connectivity index (χ3n) is 4.33. The van der Waals surface area contributed by atoms with Crippen LogP contribution in [0.15, 0.2) is 48.5 Å². The molecule has 3 N–H and O–H groups in total. The van der Waals surface area contributed by atoms with E-state index in [1.54, 1.807) is 6.92 Å². The van der Waals surface area contributed by atoms with Crippen LogP contribution in [-0.4, -0.2) is 29.0 Å². The minimum atomic E-state index is -0.720. The molecule has 0 amide bonds. The number of fused-ring (bicyclic) bond motifs is 2. The van der Waals surface area contributed by atoms with Gasteiger partial charge in [-0.25, -0.2) is 0 Å². The molecule has 0 aliphatic heterocycles. The molecule has 128 valence electrons. The lowest BCUT2D eigenvalue weighted by molar-refractivity contribution is 0.103. The Bertz CT molecular complexity index is 847. The highest BCUT2D eigenvalue weighted by molar-refractivity contribution is 6.31. The Labute approximate surface area is 152 Å². The van der Waals surface area contributed by atoms with Gasteiger partial charge < -0.3 is 15.5 Å². The van der Waals surface area contributed by atoms with E-state index in [2.05, 4.69) is 23.5 Å². The second-order valence-corrected chi connectivity index (χ2v) is 6.61. The van der Waals surface area contributed by atoms with Crippen LogP contribution >= 0.6 is 24.0 Å². The molecule has 0 aromatic heterocycles. The monoisotopic (exact) mass is 365 g/mol. The molecule has 3 rings (SSSR count). The zero-order valence-electron chi connectivity index (χ0n) is 13.4. The molecule has 0 fully saturated rings. The smallest absolute Gasteiger partial charge is 0.0633 e. The summed E-state index contributed by atoms with van der Waals surface area (Å²) >= 11 is 6.19. The van der Waals surface area contributed by atoms with Crippen LogP contribution in [0, 0.1) is 0 Å². The van der Waals surface area contributed by atoms with Gasteiger partial charge in [-0.15, -0.1) is 12.4 Å². The van der Waals surface area contributed by atoms with Crippen molar-refractivity contribution in [2.45, 2.75) is 19.0 Å². The van der Waals surface area contributed by atoms with E-state index >= 15 is 0 Å². The number of aliphatic hydroxyl groups is 2. The maximum atomic E-state index is 9.49. The minimum Gasteiger partial charge on any atom is -0.394 e. The van der Waals surface area contributed by atoms with Crippen molar-refractivity contribution in [1.82, 2.24) is 5.32 Å². The Balaban J connectivity index is 0.00000208. The van der Waals surface area contributed by atoms with Gasteiger partial charge in [0.15, 0.2) is 0 Å². The topological polar surface area (TPSA) is 52.5 Å². The van der Waals surface area contributed by atoms with Crippen LogP contribution in [0.3, 0.4) is 0 Å². The number of hydrogen-bond donors (Lipinski definition) is 3. The van der Waals surface area contributed by atoms with Crippen molar-refractivity contribution in [3.05, 3.63) is 59.1 Å². The maximum absolute atomic E-state index is 9.49. The summed E-state index contributed by atoms with van der Waals surface area (Å²) in [5.74, 6) is 0. The first kappa shape index (κ1) is 19.0. The summed E-state index contributed by atoms with van der Waals surface area (Å²) in [5.41, 5.74) is 0.399. The molecule has 0 saturated heterocycles. The van der Waals surface area contributed by atoms with Crippen LogP contribution in [0.5, 0.6) is 0 Å². The molecule has 0 aliphatic rings. The highest BCUT2D eigenvalue weighted by Crippen LogP contribution is 2.30. The molecule has 24 heavy (non-hydrogen) atoms. The highest BCUT2D eigenvalue weighted by atomic mass is 35.5. The molecule has 0 atom stereocenters. The molecule has 0 unspecified atom stereocenters. The predicted octanol–water partition coefficient (Wildman–Crippen LogP) is 3.90. The third-order valence-corrected chi connectivity index (χ3v) is 4.56. The SMILES string of the molecule is CC(CO)(CO)NCc1c2ccccc2cc2ccc(Cl)cc12.Cl. The van der Waals surface area contributed by atoms with Crippen LogP contribution in [0.4, 0.5) is 0 Å². The zero-order valence-corrected chi connectivity index (χ0v) is 15.0. The fraction of sp³-hybridized carbons (Fsp3) is 0.263. The van der Waals surface area contributed by atoms with Gasteiger partial charge in [-0.05, 0) is 52.2 Å². The second-order valence-electron chi connectivity index (χ2n) is 6.17. The van der Waals surface area contributed by atoms with Gasteiger partial charge in [-0.1, -0.05) is 41.9 Å². The number of aliphatic hydroxyl groups excluding tert-OH is 2. The number of benzene rings is 3. The molecule has 0 spiro atoms. The van der Waals surface area contributed by atoms with Crippen molar-refractivity contribution < 1.29 is 10.2 Å². The lowest BCUT2D eigenvalue weighted by atomic mass is 9.95. The van der Waals surface area contributed by atoms with Crippen LogP contribution in [-0.2, 0) is 6.54 Å². The van der Waals surface area contributed by atoms with Gasteiger partial charge in [0, 0.05) is 11.6 Å². The van der Waals surface area contributed by atoms with Gasteiger partial charge in [-0.2, -0.15) is 0 Å². The van der Waals surface area contributed by atoms with Crippen LogP contribution < -0.4 is 5.32 Å². The van der Waals surface area contributed by atoms with E-state index in [9.17, 15) is 10.2 Å². The van der Waals surface area contributed by atoms with Crippen LogP contribution in [0.2, 0.25) is 5.02 Å². The van der Waals surface area contributed by atoms with E-state index in [0.29, 0.717) is 11.6 Å². The van der Waals surface area contributed by atoms with E-state index in [-0.39, 0.29) is 25.6 Å². The lowest BCUT2D eigenvalue weighted by Crippen LogP contribution is -2.48. The summed E-state index contributed by atoms with van der Waals surface area (Å²) in [5, 5.41) is 27.5. The number of halogens is 2. The van der Waals surface area contributed by atoms with Crippen molar-refractivity contribution in [2.75, 3.05) is 13.2 Å². The van der Waals surface area contributed by atoms with Crippen molar-refractivity contribution >= 4 is 45.6 Å². The number of rotatable bonds is 5. The highest BCUT2D eigenvalue weighted by Gasteiger charge is 2.22. The van der Waals surface area contributed by atoms with Crippen molar-refractivity contribution in [3.63, 3.8) is 0 Å². The molecule has 5 heteroatoms. The predicted molar refractivity (Wildman–Crippen MR) is 103 cm³/mol. The van der Waals surface area contributed by atoms with E-state index in [1.807, 2.05) is 30.3 Å². The Morgan fingerprint density at radius 2 is 1.62 bits per heavy atom. The van der Waals surface area contributed by atoms with E-state index in [4.69, 9.17) is 11.6 Å². The van der Waals surface area contributed by atoms with Gasteiger partial charge in [-0.3, -0.25) is 0 Å². The first-order valence-electron chi connectivity index (χ1n) is 7.63. The first-order valence-corrected chi connectivity index (χ1v) is 8.01. The summed E-state index contributed by atoms with van der Waals surface area (Å²) in [6, 6.07) is 16.2. The Hall–Kier alpha value is -1.36. The van der Waals surface area contributed by atoms with Crippen molar-refractivity contribution in [2.24, 2.45) is 0 Å². The zero-order chi connectivity index (χ0) is 16.4. The van der Waals surface area contributed by atoms with Gasteiger partial charge in [0.2, 0.25) is 0 Å². The van der Waals surface area contributed by atoms with Gasteiger partial charge >= 0.3 is 0 Å². The summed E-state index contributed by atoms with van der Waals surface area (Å²) in [7, 11) is 0. The molecule has 0 radical (unpaired) electrons. The summed E-state index contributed by atoms with van der Waals surface area (Å²) in [4.78, 5) is 0. The maximum Gasteiger partial charge on any atom is 0.0633 e. The normalized spacial score (nSPS) is 11.7. The van der Waals surface area contributed by atoms with E-state index in [0.717, 1.165) is 27.1 Å². The standard InChI is InChI=1S/C19H20ClNO2.ClH/c1-19(11-22,12-23)21-10-18-16-5-3-2-4-13(16)8-14-6-7-15(20)9-17(14)18;/h2-9,21-23H,10-12H2,1H3;1H. The van der Waals surface area contributed by atoms with Crippen molar-refractivity contribution in [1.29, 1.82) is 0 Å². The van der Waals surface area contributed by atoms with Crippen molar-refractivity contribution in [3.8, 4) is 0 Å². The van der Waals surface area contributed by atoms with Gasteiger partial charge in [0.05, 0.1) is 18.8 Å². The van der Waals surface area contributed by atoms with Crippen LogP contribution in [0.25, 0.3) is 21.5 Å². The second kappa shape index (κ2) is 7.68. The lowest BCUT2D eigenvalue weighted by Gasteiger charge is -2.27. The Kier molecular flexibility index (Phi) is 6.07. The molecule has 0 aliphatic carbocycles. The molecule has 3 nitrogen and oxygen atoms in total. The first-order chi connectivity index (χ1) is 11.1. The quantitative estimate of drug-likeness (QED) is 0.601. The molecular formula is C19H21Cl2NO2. The fourth-order valence-electron chi connectivity index (χ4n) is 2.78. The minimum absolute atomic E-state index is 0. The average Bonchev–Trinajstić information content (AvgIpc) is 2.58. The molecule has 0 heterocycles. The summed E-state index contributed by atoms with van der Waals surface area (Å²) in [6.45, 7) is 2.07. The fourth-order valence-corrected chi connectivity index (χ4v) is 2.95.